The van der Waals surface area contributed by atoms with E-state index in [4.69, 9.17) is 4.74 Å². The zero-order valence-corrected chi connectivity index (χ0v) is 13.7. The van der Waals surface area contributed by atoms with E-state index in [9.17, 15) is 27.9 Å². The average Bonchev–Trinajstić information content (AvgIpc) is 2.60. The number of carbonyl (C=O) groups excluding carboxylic acids is 1. The summed E-state index contributed by atoms with van der Waals surface area (Å²) in [6, 6.07) is 9.14. The van der Waals surface area contributed by atoms with E-state index in [-0.39, 0.29) is 12.0 Å². The number of rotatable bonds is 6. The molecule has 1 atom stereocenters. The number of alkyl halides is 3. The van der Waals surface area contributed by atoms with Gasteiger partial charge in [0, 0.05) is 12.0 Å². The van der Waals surface area contributed by atoms with E-state index in [2.05, 4.69) is 5.32 Å². The van der Waals surface area contributed by atoms with E-state index in [1.54, 1.807) is 24.3 Å². The summed E-state index contributed by atoms with van der Waals surface area (Å²) in [6.45, 7) is 0. The molecule has 0 radical (unpaired) electrons. The van der Waals surface area contributed by atoms with Crippen molar-refractivity contribution < 1.29 is 32.6 Å². The van der Waals surface area contributed by atoms with Crippen LogP contribution in [0.15, 0.2) is 48.5 Å². The molecule has 0 bridgehead atoms. The Labute approximate surface area is 147 Å². The second kappa shape index (κ2) is 7.90. The molecule has 0 heterocycles. The number of hydrogen-bond acceptors (Lipinski definition) is 3. The summed E-state index contributed by atoms with van der Waals surface area (Å²) in [5, 5.41) is 11.6. The largest absolute Gasteiger partial charge is 0.496 e. The van der Waals surface area contributed by atoms with Crippen LogP contribution in [0, 0.1) is 0 Å². The summed E-state index contributed by atoms with van der Waals surface area (Å²) < 4.78 is 43.4. The molecule has 0 spiro atoms. The number of benzene rings is 2. The molecule has 138 valence electrons. The Balaban J connectivity index is 2.20. The molecular formula is C18H16F3NO4. The van der Waals surface area contributed by atoms with Crippen molar-refractivity contribution in [1.29, 1.82) is 0 Å². The van der Waals surface area contributed by atoms with Crippen LogP contribution in [0.25, 0.3) is 0 Å². The van der Waals surface area contributed by atoms with Crippen LogP contribution in [0.3, 0.4) is 0 Å². The van der Waals surface area contributed by atoms with Crippen molar-refractivity contribution in [2.75, 3.05) is 7.11 Å². The van der Waals surface area contributed by atoms with Crippen LogP contribution in [-0.4, -0.2) is 30.1 Å². The standard InChI is InChI=1S/C18H16F3NO4/c1-26-15-8-3-2-5-11(15)10-14(17(24)25)22-16(23)12-6-4-7-13(9-12)18(19,20)21/h2-9,14H,10H2,1H3,(H,22,23)(H,24,25)/t14-/m0/s1. The Hall–Kier alpha value is -3.03. The summed E-state index contributed by atoms with van der Waals surface area (Å²) in [4.78, 5) is 23.7. The highest BCUT2D eigenvalue weighted by Crippen LogP contribution is 2.29. The molecule has 0 saturated carbocycles. The Morgan fingerprint density at radius 1 is 1.15 bits per heavy atom. The topological polar surface area (TPSA) is 75.6 Å². The molecule has 0 fully saturated rings. The first-order valence-electron chi connectivity index (χ1n) is 7.55. The summed E-state index contributed by atoms with van der Waals surface area (Å²) in [7, 11) is 1.43. The van der Waals surface area contributed by atoms with Gasteiger partial charge in [-0.25, -0.2) is 4.79 Å². The van der Waals surface area contributed by atoms with Crippen LogP contribution >= 0.6 is 0 Å². The van der Waals surface area contributed by atoms with E-state index in [1.165, 1.54) is 13.2 Å². The molecule has 0 unspecified atom stereocenters. The molecule has 2 rings (SSSR count). The molecule has 8 heteroatoms. The number of carbonyl (C=O) groups is 2. The normalized spacial score (nSPS) is 12.3. The van der Waals surface area contributed by atoms with Gasteiger partial charge in [0.05, 0.1) is 12.7 Å². The van der Waals surface area contributed by atoms with E-state index >= 15 is 0 Å². The van der Waals surface area contributed by atoms with Gasteiger partial charge in [0.15, 0.2) is 0 Å². The van der Waals surface area contributed by atoms with Gasteiger partial charge >= 0.3 is 12.1 Å². The minimum Gasteiger partial charge on any atom is -0.496 e. The number of nitrogens with one attached hydrogen (secondary N) is 1. The second-order valence-corrected chi connectivity index (χ2v) is 5.46. The highest BCUT2D eigenvalue weighted by Gasteiger charge is 2.31. The SMILES string of the molecule is COc1ccccc1C[C@H](NC(=O)c1cccc(C(F)(F)F)c1)C(=O)O. The fourth-order valence-electron chi connectivity index (χ4n) is 2.37. The molecule has 5 nitrogen and oxygen atoms in total. The lowest BCUT2D eigenvalue weighted by atomic mass is 10.0. The first-order chi connectivity index (χ1) is 12.2. The minimum absolute atomic E-state index is 0.0793. The number of carboxylic acid groups (broad SMARTS) is 1. The zero-order valence-electron chi connectivity index (χ0n) is 13.7. The number of methoxy groups -OCH3 is 1. The third-order valence-corrected chi connectivity index (χ3v) is 3.67. The first kappa shape index (κ1) is 19.3. The lowest BCUT2D eigenvalue weighted by molar-refractivity contribution is -0.139. The smallest absolute Gasteiger partial charge is 0.416 e. The van der Waals surface area contributed by atoms with Gasteiger partial charge in [0.2, 0.25) is 0 Å². The molecule has 0 aliphatic rings. The number of hydrogen-bond donors (Lipinski definition) is 2. The molecule has 0 aromatic heterocycles. The van der Waals surface area contributed by atoms with Gasteiger partial charge in [-0.1, -0.05) is 24.3 Å². The van der Waals surface area contributed by atoms with Crippen molar-refractivity contribution >= 4 is 11.9 Å². The maximum atomic E-state index is 12.8. The van der Waals surface area contributed by atoms with E-state index < -0.39 is 29.7 Å². The number of para-hydroxylation sites is 1. The van der Waals surface area contributed by atoms with Crippen molar-refractivity contribution in [3.05, 3.63) is 65.2 Å². The molecule has 2 N–H and O–H groups in total. The molecule has 26 heavy (non-hydrogen) atoms. The van der Waals surface area contributed by atoms with E-state index in [0.29, 0.717) is 17.4 Å². The number of aliphatic carboxylic acids is 1. The van der Waals surface area contributed by atoms with Crippen molar-refractivity contribution in [2.24, 2.45) is 0 Å². The molecular weight excluding hydrogens is 351 g/mol. The van der Waals surface area contributed by atoms with Gasteiger partial charge in [-0.05, 0) is 29.8 Å². The van der Waals surface area contributed by atoms with Crippen molar-refractivity contribution in [3.63, 3.8) is 0 Å². The summed E-state index contributed by atoms with van der Waals surface area (Å²) >= 11 is 0. The van der Waals surface area contributed by atoms with Crippen LogP contribution in [0.1, 0.15) is 21.5 Å². The fraction of sp³-hybridized carbons (Fsp3) is 0.222. The van der Waals surface area contributed by atoms with Gasteiger partial charge < -0.3 is 15.2 Å². The predicted molar refractivity (Wildman–Crippen MR) is 87.0 cm³/mol. The number of carboxylic acids is 1. The van der Waals surface area contributed by atoms with E-state index in [1.807, 2.05) is 0 Å². The molecule has 0 aliphatic heterocycles. The monoisotopic (exact) mass is 367 g/mol. The predicted octanol–water partition coefficient (Wildman–Crippen LogP) is 3.14. The van der Waals surface area contributed by atoms with Crippen LogP contribution in [-0.2, 0) is 17.4 Å². The first-order valence-corrected chi connectivity index (χ1v) is 7.55. The van der Waals surface area contributed by atoms with Crippen LogP contribution < -0.4 is 10.1 Å². The van der Waals surface area contributed by atoms with Gasteiger partial charge in [0.1, 0.15) is 11.8 Å². The van der Waals surface area contributed by atoms with Crippen LogP contribution in [0.5, 0.6) is 5.75 Å². The highest BCUT2D eigenvalue weighted by molar-refractivity contribution is 5.96. The maximum Gasteiger partial charge on any atom is 0.416 e. The lowest BCUT2D eigenvalue weighted by Crippen LogP contribution is -2.42. The number of ether oxygens (including phenoxy) is 1. The summed E-state index contributed by atoms with van der Waals surface area (Å²) in [5.41, 5.74) is -0.709. The van der Waals surface area contributed by atoms with Gasteiger partial charge in [-0.2, -0.15) is 13.2 Å². The molecule has 0 aliphatic carbocycles. The van der Waals surface area contributed by atoms with Crippen molar-refractivity contribution in [2.45, 2.75) is 18.6 Å². The zero-order chi connectivity index (χ0) is 19.3. The lowest BCUT2D eigenvalue weighted by Gasteiger charge is -2.17. The third kappa shape index (κ3) is 4.75. The number of halogens is 3. The van der Waals surface area contributed by atoms with Crippen molar-refractivity contribution in [1.82, 2.24) is 5.32 Å². The Bertz CT molecular complexity index is 805. The minimum atomic E-state index is -4.60. The quantitative estimate of drug-likeness (QED) is 0.823. The summed E-state index contributed by atoms with van der Waals surface area (Å²) in [5.74, 6) is -1.76. The molecule has 2 aromatic carbocycles. The van der Waals surface area contributed by atoms with Crippen LogP contribution in [0.4, 0.5) is 13.2 Å². The highest BCUT2D eigenvalue weighted by atomic mass is 19.4. The third-order valence-electron chi connectivity index (χ3n) is 3.67. The van der Waals surface area contributed by atoms with Crippen molar-refractivity contribution in [3.8, 4) is 5.75 Å². The number of amides is 1. The Morgan fingerprint density at radius 2 is 1.85 bits per heavy atom. The fourth-order valence-corrected chi connectivity index (χ4v) is 2.37. The van der Waals surface area contributed by atoms with Gasteiger partial charge in [-0.3, -0.25) is 4.79 Å². The molecule has 2 aromatic rings. The maximum absolute atomic E-state index is 12.8. The van der Waals surface area contributed by atoms with Gasteiger partial charge in [0.25, 0.3) is 5.91 Å². The summed E-state index contributed by atoms with van der Waals surface area (Å²) in [6.07, 6.45) is -4.68. The molecule has 1 amide bonds. The van der Waals surface area contributed by atoms with Gasteiger partial charge in [-0.15, -0.1) is 0 Å². The van der Waals surface area contributed by atoms with E-state index in [0.717, 1.165) is 12.1 Å². The second-order valence-electron chi connectivity index (χ2n) is 5.46. The van der Waals surface area contributed by atoms with Crippen LogP contribution in [0.2, 0.25) is 0 Å². The average molecular weight is 367 g/mol. The Morgan fingerprint density at radius 3 is 2.46 bits per heavy atom. The molecule has 0 saturated heterocycles. The Kier molecular flexibility index (Phi) is 5.86.